The van der Waals surface area contributed by atoms with Crippen molar-refractivity contribution in [3.05, 3.63) is 40.4 Å². The van der Waals surface area contributed by atoms with Crippen LogP contribution in [0.3, 0.4) is 0 Å². The van der Waals surface area contributed by atoms with Gasteiger partial charge in [-0.2, -0.15) is 0 Å². The molecule has 1 N–H and O–H groups in total. The minimum atomic E-state index is -0.553. The van der Waals surface area contributed by atoms with Crippen molar-refractivity contribution in [3.63, 3.8) is 0 Å². The van der Waals surface area contributed by atoms with Crippen LogP contribution in [0.5, 0.6) is 0 Å². The van der Waals surface area contributed by atoms with E-state index in [0.717, 1.165) is 29.5 Å². The van der Waals surface area contributed by atoms with Crippen molar-refractivity contribution in [1.82, 2.24) is 5.32 Å². The molecule has 0 radical (unpaired) electrons. The maximum Gasteiger partial charge on any atom is 0.331 e. The summed E-state index contributed by atoms with van der Waals surface area (Å²) in [6.07, 6.45) is 4.99. The molecule has 1 aliphatic rings. The lowest BCUT2D eigenvalue weighted by atomic mass is 10.2. The Bertz CT molecular complexity index is 553. The molecule has 1 aliphatic heterocycles. The first-order valence-electron chi connectivity index (χ1n) is 7.13. The highest BCUT2D eigenvalue weighted by molar-refractivity contribution is 9.10. The van der Waals surface area contributed by atoms with E-state index in [-0.39, 0.29) is 18.6 Å². The molecule has 0 spiro atoms. The lowest BCUT2D eigenvalue weighted by Crippen LogP contribution is -2.34. The van der Waals surface area contributed by atoms with Gasteiger partial charge in [-0.05, 0) is 30.5 Å². The second-order valence-corrected chi connectivity index (χ2v) is 5.76. The van der Waals surface area contributed by atoms with E-state index in [1.807, 2.05) is 24.3 Å². The van der Waals surface area contributed by atoms with Crippen molar-refractivity contribution >= 4 is 33.9 Å². The minimum absolute atomic E-state index is 0.0787. The molecule has 5 nitrogen and oxygen atoms in total. The van der Waals surface area contributed by atoms with Crippen LogP contribution in [0.2, 0.25) is 0 Å². The first-order valence-corrected chi connectivity index (χ1v) is 7.92. The van der Waals surface area contributed by atoms with Crippen LogP contribution in [-0.2, 0) is 19.1 Å². The summed E-state index contributed by atoms with van der Waals surface area (Å²) in [5.74, 6) is -0.874. The van der Waals surface area contributed by atoms with Gasteiger partial charge in [0, 0.05) is 23.7 Å². The monoisotopic (exact) mass is 367 g/mol. The molecule has 6 heteroatoms. The zero-order chi connectivity index (χ0) is 15.8. The lowest BCUT2D eigenvalue weighted by molar-refractivity contribution is -0.143. The number of ether oxygens (including phenoxy) is 2. The summed E-state index contributed by atoms with van der Waals surface area (Å²) in [6.45, 7) is 0.921. The molecule has 1 aromatic rings. The average Bonchev–Trinajstić information content (AvgIpc) is 3.03. The Morgan fingerprint density at radius 1 is 1.41 bits per heavy atom. The fourth-order valence-corrected chi connectivity index (χ4v) is 2.45. The highest BCUT2D eigenvalue weighted by Crippen LogP contribution is 2.17. The first-order chi connectivity index (χ1) is 10.6. The first kappa shape index (κ1) is 16.7. The standard InChI is InChI=1S/C16H18BrNO4/c17-14-6-2-1-4-12(14)7-8-16(20)22-11-15(19)18-10-13-5-3-9-21-13/h1-2,4,6-8,13H,3,5,9-11H2,(H,18,19)/b8-7+/t13-/m1/s1. The summed E-state index contributed by atoms with van der Waals surface area (Å²) >= 11 is 3.38. The van der Waals surface area contributed by atoms with E-state index in [2.05, 4.69) is 21.2 Å². The number of hydrogen-bond donors (Lipinski definition) is 1. The number of carbonyl (C=O) groups is 2. The van der Waals surface area contributed by atoms with Gasteiger partial charge in [-0.1, -0.05) is 34.1 Å². The number of esters is 1. The molecule has 1 saturated heterocycles. The molecule has 1 atom stereocenters. The third-order valence-corrected chi connectivity index (χ3v) is 3.92. The van der Waals surface area contributed by atoms with E-state index in [1.54, 1.807) is 6.08 Å². The maximum absolute atomic E-state index is 11.6. The highest BCUT2D eigenvalue weighted by atomic mass is 79.9. The Balaban J connectivity index is 1.68. The third-order valence-electron chi connectivity index (χ3n) is 3.20. The predicted molar refractivity (Wildman–Crippen MR) is 86.1 cm³/mol. The van der Waals surface area contributed by atoms with E-state index in [4.69, 9.17) is 9.47 Å². The van der Waals surface area contributed by atoms with Gasteiger partial charge in [0.1, 0.15) is 0 Å². The summed E-state index contributed by atoms with van der Waals surface area (Å²) in [5.41, 5.74) is 0.863. The minimum Gasteiger partial charge on any atom is -0.452 e. The van der Waals surface area contributed by atoms with Crippen LogP contribution >= 0.6 is 15.9 Å². The fraction of sp³-hybridized carbons (Fsp3) is 0.375. The van der Waals surface area contributed by atoms with E-state index in [0.29, 0.717) is 6.54 Å². The van der Waals surface area contributed by atoms with E-state index < -0.39 is 5.97 Å². The van der Waals surface area contributed by atoms with Crippen LogP contribution in [-0.4, -0.2) is 37.7 Å². The third kappa shape index (κ3) is 5.61. The molecule has 2 rings (SSSR count). The van der Waals surface area contributed by atoms with Crippen molar-refractivity contribution < 1.29 is 19.1 Å². The number of amides is 1. The van der Waals surface area contributed by atoms with Crippen LogP contribution in [0.1, 0.15) is 18.4 Å². The molecular formula is C16H18BrNO4. The number of hydrogen-bond acceptors (Lipinski definition) is 4. The molecule has 22 heavy (non-hydrogen) atoms. The number of halogens is 1. The molecule has 0 unspecified atom stereocenters. The average molecular weight is 368 g/mol. The van der Waals surface area contributed by atoms with Crippen LogP contribution < -0.4 is 5.32 Å². The zero-order valence-electron chi connectivity index (χ0n) is 12.1. The number of carbonyl (C=O) groups excluding carboxylic acids is 2. The SMILES string of the molecule is O=C(COC(=O)/C=C/c1ccccc1Br)NC[C@H]1CCCO1. The van der Waals surface area contributed by atoms with Gasteiger partial charge in [0.25, 0.3) is 5.91 Å². The maximum atomic E-state index is 11.6. The van der Waals surface area contributed by atoms with Crippen molar-refractivity contribution in [1.29, 1.82) is 0 Å². The Labute approximate surface area is 137 Å². The van der Waals surface area contributed by atoms with Gasteiger partial charge < -0.3 is 14.8 Å². The molecule has 0 aliphatic carbocycles. The van der Waals surface area contributed by atoms with Crippen LogP contribution in [0.4, 0.5) is 0 Å². The number of benzene rings is 1. The molecule has 1 fully saturated rings. The molecule has 1 amide bonds. The Kier molecular flexibility index (Phi) is 6.61. The van der Waals surface area contributed by atoms with Gasteiger partial charge in [0.15, 0.2) is 6.61 Å². The second-order valence-electron chi connectivity index (χ2n) is 4.90. The largest absolute Gasteiger partial charge is 0.452 e. The van der Waals surface area contributed by atoms with Gasteiger partial charge in [-0.15, -0.1) is 0 Å². The highest BCUT2D eigenvalue weighted by Gasteiger charge is 2.16. The Morgan fingerprint density at radius 3 is 2.95 bits per heavy atom. The fourth-order valence-electron chi connectivity index (χ4n) is 2.04. The number of nitrogens with one attached hydrogen (secondary N) is 1. The molecule has 0 aromatic heterocycles. The lowest BCUT2D eigenvalue weighted by Gasteiger charge is -2.10. The van der Waals surface area contributed by atoms with E-state index in [1.165, 1.54) is 6.08 Å². The summed E-state index contributed by atoms with van der Waals surface area (Å²) in [5, 5.41) is 2.69. The van der Waals surface area contributed by atoms with Gasteiger partial charge in [-0.3, -0.25) is 4.79 Å². The second kappa shape index (κ2) is 8.70. The summed E-state index contributed by atoms with van der Waals surface area (Å²) in [6, 6.07) is 7.50. The normalized spacial score (nSPS) is 17.6. The summed E-state index contributed by atoms with van der Waals surface area (Å²) in [4.78, 5) is 23.1. The molecular weight excluding hydrogens is 350 g/mol. The van der Waals surface area contributed by atoms with Crippen molar-refractivity contribution in [2.75, 3.05) is 19.8 Å². The Morgan fingerprint density at radius 2 is 2.23 bits per heavy atom. The molecule has 0 saturated carbocycles. The quantitative estimate of drug-likeness (QED) is 0.618. The van der Waals surface area contributed by atoms with E-state index in [9.17, 15) is 9.59 Å². The van der Waals surface area contributed by atoms with Gasteiger partial charge in [0.05, 0.1) is 6.10 Å². The van der Waals surface area contributed by atoms with Crippen molar-refractivity contribution in [2.24, 2.45) is 0 Å². The Hall–Kier alpha value is -1.66. The number of rotatable bonds is 6. The van der Waals surface area contributed by atoms with Gasteiger partial charge in [-0.25, -0.2) is 4.79 Å². The predicted octanol–water partition coefficient (Wildman–Crippen LogP) is 2.30. The summed E-state index contributed by atoms with van der Waals surface area (Å²) < 4.78 is 11.2. The van der Waals surface area contributed by atoms with Crippen LogP contribution in [0, 0.1) is 0 Å². The molecule has 0 bridgehead atoms. The van der Waals surface area contributed by atoms with Crippen molar-refractivity contribution in [2.45, 2.75) is 18.9 Å². The van der Waals surface area contributed by atoms with Crippen LogP contribution in [0.25, 0.3) is 6.08 Å². The molecule has 1 aromatic carbocycles. The zero-order valence-corrected chi connectivity index (χ0v) is 13.7. The van der Waals surface area contributed by atoms with Gasteiger partial charge in [0.2, 0.25) is 0 Å². The molecule has 118 valence electrons. The van der Waals surface area contributed by atoms with Crippen LogP contribution in [0.15, 0.2) is 34.8 Å². The topological polar surface area (TPSA) is 64.6 Å². The smallest absolute Gasteiger partial charge is 0.331 e. The van der Waals surface area contributed by atoms with E-state index >= 15 is 0 Å². The van der Waals surface area contributed by atoms with Gasteiger partial charge >= 0.3 is 5.97 Å². The molecule has 1 heterocycles. The van der Waals surface area contributed by atoms with Crippen molar-refractivity contribution in [3.8, 4) is 0 Å². The summed E-state index contributed by atoms with van der Waals surface area (Å²) in [7, 11) is 0.